The van der Waals surface area contributed by atoms with Crippen molar-refractivity contribution in [3.8, 4) is 0 Å². The molecule has 0 fully saturated rings. The summed E-state index contributed by atoms with van der Waals surface area (Å²) >= 11 is 0. The number of methoxy groups -OCH3 is 1. The van der Waals surface area contributed by atoms with E-state index < -0.39 is 54.0 Å². The maximum atomic E-state index is 14.1. The van der Waals surface area contributed by atoms with Crippen LogP contribution in [0.4, 0.5) is 4.79 Å². The van der Waals surface area contributed by atoms with Crippen molar-refractivity contribution in [3.63, 3.8) is 0 Å². The molecule has 4 rings (SSSR count). The summed E-state index contributed by atoms with van der Waals surface area (Å²) in [4.78, 5) is 70.9. The highest BCUT2D eigenvalue weighted by atomic mass is 16.5. The maximum Gasteiger partial charge on any atom is 0.408 e. The van der Waals surface area contributed by atoms with E-state index in [1.165, 1.54) is 7.11 Å². The number of H-pyrrole nitrogens is 1. The van der Waals surface area contributed by atoms with Gasteiger partial charge in [0, 0.05) is 29.9 Å². The molecule has 0 bridgehead atoms. The van der Waals surface area contributed by atoms with Gasteiger partial charge in [-0.05, 0) is 60.9 Å². The molecule has 3 aromatic carbocycles. The van der Waals surface area contributed by atoms with Crippen LogP contribution in [0.1, 0.15) is 56.2 Å². The summed E-state index contributed by atoms with van der Waals surface area (Å²) in [5.41, 5.74) is 8.96. The number of rotatable bonds is 20. The number of aromatic nitrogens is 1. The van der Waals surface area contributed by atoms with Gasteiger partial charge >= 0.3 is 12.1 Å². The predicted octanol–water partition coefficient (Wildman–Crippen LogP) is 4.05. The molecule has 0 unspecified atom stereocenters. The second-order valence-electron chi connectivity index (χ2n) is 13.6. The number of nitrogens with two attached hydrogens (primary N) is 1. The summed E-state index contributed by atoms with van der Waals surface area (Å²) in [6.07, 6.45) is 2.83. The number of esters is 1. The third-order valence-electron chi connectivity index (χ3n) is 8.93. The normalized spacial score (nSPS) is 13.3. The lowest BCUT2D eigenvalue weighted by Gasteiger charge is -2.26. The SMILES string of the molecule is COC(=O)[C@H](CC(C)C)NC(=O)[C@@H](Cc1c[nH]c2ccccc12)NC(=O)[C@H](CCCCN)NC(=O)[C@@H](Cc1ccccc1)NC(=O)OCc1ccccc1. The molecule has 0 radical (unpaired) electrons. The van der Waals surface area contributed by atoms with E-state index in [4.69, 9.17) is 15.2 Å². The Balaban J connectivity index is 1.57. The molecule has 7 N–H and O–H groups in total. The maximum absolute atomic E-state index is 14.1. The summed E-state index contributed by atoms with van der Waals surface area (Å²) in [6, 6.07) is 21.6. The van der Waals surface area contributed by atoms with Gasteiger partial charge in [0.05, 0.1) is 7.11 Å². The van der Waals surface area contributed by atoms with Gasteiger partial charge in [0.25, 0.3) is 0 Å². The molecule has 0 saturated heterocycles. The van der Waals surface area contributed by atoms with Gasteiger partial charge in [-0.3, -0.25) is 14.4 Å². The zero-order valence-electron chi connectivity index (χ0n) is 31.1. The molecule has 13 heteroatoms. The van der Waals surface area contributed by atoms with E-state index in [9.17, 15) is 24.0 Å². The first-order valence-corrected chi connectivity index (χ1v) is 18.3. The third kappa shape index (κ3) is 12.8. The largest absolute Gasteiger partial charge is 0.467 e. The number of alkyl carbamates (subject to hydrolysis) is 1. The predicted molar refractivity (Wildman–Crippen MR) is 206 cm³/mol. The molecule has 4 amide bonds. The Morgan fingerprint density at radius 2 is 1.26 bits per heavy atom. The molecule has 0 spiro atoms. The van der Waals surface area contributed by atoms with Gasteiger partial charge in [-0.15, -0.1) is 0 Å². The highest BCUT2D eigenvalue weighted by Crippen LogP contribution is 2.20. The number of carbonyl (C=O) groups is 5. The molecule has 54 heavy (non-hydrogen) atoms. The van der Waals surface area contributed by atoms with Crippen molar-refractivity contribution in [2.24, 2.45) is 11.7 Å². The van der Waals surface area contributed by atoms with E-state index in [2.05, 4.69) is 26.3 Å². The molecular weight excluding hydrogens is 688 g/mol. The van der Waals surface area contributed by atoms with Crippen molar-refractivity contribution in [3.05, 3.63) is 108 Å². The molecule has 4 aromatic rings. The minimum atomic E-state index is -1.13. The van der Waals surface area contributed by atoms with E-state index in [0.717, 1.165) is 27.6 Å². The van der Waals surface area contributed by atoms with E-state index in [0.29, 0.717) is 25.8 Å². The number of carbonyl (C=O) groups excluding carboxylic acids is 5. The van der Waals surface area contributed by atoms with Crippen molar-refractivity contribution < 1.29 is 33.4 Å². The average Bonchev–Trinajstić information content (AvgIpc) is 3.58. The van der Waals surface area contributed by atoms with Gasteiger partial charge in [0.1, 0.15) is 30.8 Å². The molecule has 288 valence electrons. The number of nitrogens with one attached hydrogen (secondary N) is 5. The lowest BCUT2D eigenvalue weighted by atomic mass is 10.0. The Hall–Kier alpha value is -5.69. The fourth-order valence-corrected chi connectivity index (χ4v) is 6.10. The zero-order chi connectivity index (χ0) is 38.9. The van der Waals surface area contributed by atoms with Crippen molar-refractivity contribution >= 4 is 40.7 Å². The first-order valence-electron chi connectivity index (χ1n) is 18.3. The number of ether oxygens (including phenoxy) is 2. The number of hydrogen-bond acceptors (Lipinski definition) is 8. The van der Waals surface area contributed by atoms with Gasteiger partial charge in [0.15, 0.2) is 0 Å². The van der Waals surface area contributed by atoms with E-state index in [1.54, 1.807) is 6.20 Å². The van der Waals surface area contributed by atoms with Gasteiger partial charge in [-0.25, -0.2) is 9.59 Å². The van der Waals surface area contributed by atoms with Crippen LogP contribution >= 0.6 is 0 Å². The fraction of sp³-hybridized carbons (Fsp3) is 0.390. The first-order chi connectivity index (χ1) is 26.1. The van der Waals surface area contributed by atoms with Crippen LogP contribution in [0.25, 0.3) is 10.9 Å². The van der Waals surface area contributed by atoms with Gasteiger partial charge < -0.3 is 41.5 Å². The van der Waals surface area contributed by atoms with Crippen molar-refractivity contribution in [1.82, 2.24) is 26.3 Å². The van der Waals surface area contributed by atoms with Crippen LogP contribution in [0.15, 0.2) is 91.1 Å². The number of unbranched alkanes of at least 4 members (excludes halogenated alkanes) is 1. The molecule has 0 aliphatic heterocycles. The molecule has 0 aliphatic rings. The van der Waals surface area contributed by atoms with Crippen LogP contribution in [-0.4, -0.2) is 72.6 Å². The Morgan fingerprint density at radius 3 is 1.91 bits per heavy atom. The van der Waals surface area contributed by atoms with Crippen LogP contribution in [-0.2, 0) is 48.1 Å². The average molecular weight is 741 g/mol. The number of benzene rings is 3. The second kappa shape index (κ2) is 21.1. The molecule has 13 nitrogen and oxygen atoms in total. The van der Waals surface area contributed by atoms with E-state index in [1.807, 2.05) is 98.8 Å². The summed E-state index contributed by atoms with van der Waals surface area (Å²) in [5.74, 6) is -2.33. The van der Waals surface area contributed by atoms with E-state index in [-0.39, 0.29) is 31.8 Å². The van der Waals surface area contributed by atoms with Crippen molar-refractivity contribution in [2.75, 3.05) is 13.7 Å². The summed E-state index contributed by atoms with van der Waals surface area (Å²) < 4.78 is 10.4. The molecule has 1 heterocycles. The zero-order valence-corrected chi connectivity index (χ0v) is 31.1. The standard InChI is InChI=1S/C41H52N6O7/c1-27(2)22-36(40(51)53-3)46-39(50)35(24-30-25-43-32-19-11-10-18-31(30)32)45-37(48)33(20-12-13-21-42)44-38(49)34(23-28-14-6-4-7-15-28)47-41(52)54-26-29-16-8-5-9-17-29/h4-11,14-19,25,27,33-36,43H,12-13,20-24,26,42H2,1-3H3,(H,44,49)(H,45,48)(H,46,50)(H,47,52)/t33-,34+,35+,36-/m0/s1. The van der Waals surface area contributed by atoms with Crippen molar-refractivity contribution in [2.45, 2.75) is 83.1 Å². The number of aromatic amines is 1. The van der Waals surface area contributed by atoms with Crippen LogP contribution < -0.4 is 27.0 Å². The van der Waals surface area contributed by atoms with E-state index >= 15 is 0 Å². The van der Waals surface area contributed by atoms with Gasteiger partial charge in [-0.2, -0.15) is 0 Å². The number of para-hydroxylation sites is 1. The minimum Gasteiger partial charge on any atom is -0.467 e. The molecule has 1 aromatic heterocycles. The number of fused-ring (bicyclic) bond motifs is 1. The minimum absolute atomic E-state index is 0.00432. The molecule has 0 aliphatic carbocycles. The molecule has 4 atom stereocenters. The Kier molecular flexibility index (Phi) is 16.1. The van der Waals surface area contributed by atoms with Crippen LogP contribution in [0.2, 0.25) is 0 Å². The summed E-state index contributed by atoms with van der Waals surface area (Å²) in [7, 11) is 1.25. The van der Waals surface area contributed by atoms with Crippen LogP contribution in [0.5, 0.6) is 0 Å². The Bertz CT molecular complexity index is 1810. The number of amides is 4. The summed E-state index contributed by atoms with van der Waals surface area (Å²) in [5, 5.41) is 12.0. The highest BCUT2D eigenvalue weighted by molar-refractivity contribution is 5.95. The smallest absolute Gasteiger partial charge is 0.408 e. The van der Waals surface area contributed by atoms with Crippen LogP contribution in [0.3, 0.4) is 0 Å². The Morgan fingerprint density at radius 1 is 0.685 bits per heavy atom. The quantitative estimate of drug-likeness (QED) is 0.0577. The fourth-order valence-electron chi connectivity index (χ4n) is 6.10. The number of hydrogen-bond donors (Lipinski definition) is 6. The topological polar surface area (TPSA) is 194 Å². The lowest BCUT2D eigenvalue weighted by Crippen LogP contribution is -2.58. The van der Waals surface area contributed by atoms with Crippen molar-refractivity contribution in [1.29, 1.82) is 0 Å². The highest BCUT2D eigenvalue weighted by Gasteiger charge is 2.32. The lowest BCUT2D eigenvalue weighted by molar-refractivity contribution is -0.146. The first kappa shape index (κ1) is 41.1. The molecular formula is C41H52N6O7. The third-order valence-corrected chi connectivity index (χ3v) is 8.93. The summed E-state index contributed by atoms with van der Waals surface area (Å²) in [6.45, 7) is 4.23. The second-order valence-corrected chi connectivity index (χ2v) is 13.6. The van der Waals surface area contributed by atoms with Gasteiger partial charge in [0.2, 0.25) is 17.7 Å². The Labute approximate surface area is 316 Å². The molecule has 0 saturated carbocycles. The van der Waals surface area contributed by atoms with Crippen LogP contribution in [0, 0.1) is 5.92 Å². The van der Waals surface area contributed by atoms with Gasteiger partial charge in [-0.1, -0.05) is 92.7 Å². The monoisotopic (exact) mass is 740 g/mol.